The van der Waals surface area contributed by atoms with E-state index in [0.717, 1.165) is 0 Å². The zero-order valence-corrected chi connectivity index (χ0v) is 27.9. The van der Waals surface area contributed by atoms with Crippen LogP contribution in [-0.2, 0) is 9.05 Å². The first-order valence-corrected chi connectivity index (χ1v) is 18.0. The Bertz CT molecular complexity index is 381. The van der Waals surface area contributed by atoms with Gasteiger partial charge in [-0.1, -0.05) is 158 Å². The highest BCUT2D eigenvalue weighted by molar-refractivity contribution is 7.26. The van der Waals surface area contributed by atoms with Crippen LogP contribution in [0.15, 0.2) is 0 Å². The van der Waals surface area contributed by atoms with Crippen LogP contribution in [0.25, 0.3) is 0 Å². The van der Waals surface area contributed by atoms with Crippen LogP contribution < -0.4 is 0 Å². The third-order valence-corrected chi connectivity index (χ3v) is 9.78. The molecule has 0 saturated heterocycles. The van der Waals surface area contributed by atoms with Gasteiger partial charge in [0.15, 0.2) is 9.03 Å². The normalized spacial score (nSPS) is 17.2. The van der Waals surface area contributed by atoms with Crippen molar-refractivity contribution in [3.05, 3.63) is 0 Å². The molecule has 37 heavy (non-hydrogen) atoms. The van der Waals surface area contributed by atoms with E-state index in [-0.39, 0.29) is 9.03 Å². The summed E-state index contributed by atoms with van der Waals surface area (Å²) in [6.07, 6.45) is 26.9. The summed E-state index contributed by atoms with van der Waals surface area (Å²) in [7, 11) is 0.198. The Morgan fingerprint density at radius 2 is 0.622 bits per heavy atom. The molecular weight excluding hydrogens is 471 g/mol. The summed E-state index contributed by atoms with van der Waals surface area (Å²) < 4.78 is 13.8. The lowest BCUT2D eigenvalue weighted by Gasteiger charge is -2.36. The number of rotatable bonds is 28. The van der Waals surface area contributed by atoms with E-state index in [4.69, 9.17) is 9.05 Å². The van der Waals surface area contributed by atoms with Gasteiger partial charge in [-0.2, -0.15) is 0 Å². The summed E-state index contributed by atoms with van der Waals surface area (Å²) in [6, 6.07) is 0. The molecule has 0 fully saturated rings. The molecule has 0 heterocycles. The second kappa shape index (κ2) is 26.6. The molecule has 0 aliphatic heterocycles. The first-order chi connectivity index (χ1) is 18.1. The van der Waals surface area contributed by atoms with Gasteiger partial charge in [-0.3, -0.25) is 0 Å². The molecule has 0 aromatic rings. The molecule has 0 radical (unpaired) electrons. The van der Waals surface area contributed by atoms with Gasteiger partial charge in [-0.05, 0) is 49.4 Å². The molecule has 0 N–H and O–H groups in total. The van der Waals surface area contributed by atoms with Crippen LogP contribution in [0.2, 0.25) is 0 Å². The van der Waals surface area contributed by atoms with Crippen molar-refractivity contribution in [3.8, 4) is 0 Å². The largest absolute Gasteiger partial charge is 0.332 e. The van der Waals surface area contributed by atoms with Crippen LogP contribution in [0.1, 0.15) is 184 Å². The third kappa shape index (κ3) is 16.9. The summed E-state index contributed by atoms with van der Waals surface area (Å²) in [5, 5.41) is 0. The highest BCUT2D eigenvalue weighted by Gasteiger charge is 2.31. The van der Waals surface area contributed by atoms with Crippen LogP contribution >= 0.6 is 9.03 Å². The Morgan fingerprint density at radius 3 is 0.811 bits per heavy atom. The molecule has 0 aliphatic carbocycles. The molecule has 0 spiro atoms. The maximum atomic E-state index is 6.89. The van der Waals surface area contributed by atoms with Gasteiger partial charge in [0.1, 0.15) is 0 Å². The Labute approximate surface area is 237 Å². The van der Waals surface area contributed by atoms with Crippen LogP contribution in [0.4, 0.5) is 0 Å². The second-order valence-electron chi connectivity index (χ2n) is 11.9. The average molecular weight is 543 g/mol. The minimum Gasteiger partial charge on any atom is -0.332 e. The average Bonchev–Trinajstić information content (AvgIpc) is 2.92. The summed E-state index contributed by atoms with van der Waals surface area (Å²) >= 11 is 0. The summed E-state index contributed by atoms with van der Waals surface area (Å²) in [5.74, 6) is 2.69. The number of unbranched alkanes of at least 4 members (excludes halogenated alkanes) is 8. The third-order valence-electron chi connectivity index (χ3n) is 9.04. The van der Waals surface area contributed by atoms with Gasteiger partial charge in [0, 0.05) is 0 Å². The molecule has 224 valence electrons. The molecule has 0 amide bonds. The Morgan fingerprint density at radius 1 is 0.378 bits per heavy atom. The molecule has 4 atom stereocenters. The van der Waals surface area contributed by atoms with Crippen molar-refractivity contribution in [2.75, 3.05) is 0 Å². The predicted molar refractivity (Wildman–Crippen MR) is 170 cm³/mol. The lowest BCUT2D eigenvalue weighted by atomic mass is 9.82. The van der Waals surface area contributed by atoms with Gasteiger partial charge in [-0.15, -0.1) is 0 Å². The molecule has 4 unspecified atom stereocenters. The Balaban J connectivity index is 5.55. The standard InChI is InChI=1S/C34H71O2P/c1-9-17-21-25-29(13-5)33(30(14-6)26-22-18-10-2)35-37-36-34(31(15-7)27-23-19-11-3)32(16-8)28-24-20-12-4/h29-34,37H,9-28H2,1-8H3. The van der Waals surface area contributed by atoms with Crippen LogP contribution in [0.5, 0.6) is 0 Å². The second-order valence-corrected chi connectivity index (χ2v) is 12.5. The fourth-order valence-electron chi connectivity index (χ4n) is 6.32. The first kappa shape index (κ1) is 37.4. The highest BCUT2D eigenvalue weighted by Crippen LogP contribution is 2.39. The van der Waals surface area contributed by atoms with E-state index >= 15 is 0 Å². The van der Waals surface area contributed by atoms with E-state index in [1.54, 1.807) is 0 Å². The van der Waals surface area contributed by atoms with Crippen LogP contribution in [0.3, 0.4) is 0 Å². The van der Waals surface area contributed by atoms with Gasteiger partial charge in [0.25, 0.3) is 0 Å². The summed E-state index contributed by atoms with van der Waals surface area (Å²) in [6.45, 7) is 18.8. The van der Waals surface area contributed by atoms with Crippen molar-refractivity contribution in [1.82, 2.24) is 0 Å². The van der Waals surface area contributed by atoms with Crippen LogP contribution in [-0.4, -0.2) is 12.2 Å². The molecule has 0 aliphatic rings. The number of hydrogen-bond donors (Lipinski definition) is 0. The van der Waals surface area contributed by atoms with E-state index in [0.29, 0.717) is 35.9 Å². The minimum absolute atomic E-state index is 0.198. The lowest BCUT2D eigenvalue weighted by Crippen LogP contribution is -2.32. The lowest BCUT2D eigenvalue weighted by molar-refractivity contribution is 0.0257. The molecule has 0 bridgehead atoms. The van der Waals surface area contributed by atoms with Crippen molar-refractivity contribution < 1.29 is 9.05 Å². The van der Waals surface area contributed by atoms with Gasteiger partial charge in [0.05, 0.1) is 12.2 Å². The fourth-order valence-corrected chi connectivity index (χ4v) is 7.37. The fraction of sp³-hybridized carbons (Fsp3) is 1.00. The SMILES string of the molecule is CCCCCC(CC)C(OPOC(C(CC)CCCCC)C(CC)CCCCC)C(CC)CCCCC. The van der Waals surface area contributed by atoms with Gasteiger partial charge in [-0.25, -0.2) is 0 Å². The molecule has 0 saturated carbocycles. The maximum absolute atomic E-state index is 6.89. The molecule has 3 heteroatoms. The molecule has 0 aromatic carbocycles. The Hall–Kier alpha value is 0.350. The van der Waals surface area contributed by atoms with E-state index in [1.165, 1.54) is 128 Å². The molecule has 0 aromatic heterocycles. The van der Waals surface area contributed by atoms with Crippen molar-refractivity contribution in [3.63, 3.8) is 0 Å². The first-order valence-electron chi connectivity index (χ1n) is 17.1. The topological polar surface area (TPSA) is 18.5 Å². The number of hydrogen-bond acceptors (Lipinski definition) is 2. The van der Waals surface area contributed by atoms with E-state index in [1.807, 2.05) is 0 Å². The van der Waals surface area contributed by atoms with Gasteiger partial charge >= 0.3 is 0 Å². The zero-order chi connectivity index (χ0) is 27.7. The van der Waals surface area contributed by atoms with Crippen molar-refractivity contribution in [2.24, 2.45) is 23.7 Å². The molecule has 0 rings (SSSR count). The minimum atomic E-state index is 0.198. The maximum Gasteiger partial charge on any atom is 0.155 e. The zero-order valence-electron chi connectivity index (χ0n) is 26.9. The predicted octanol–water partition coefficient (Wildman–Crippen LogP) is 12.7. The van der Waals surface area contributed by atoms with Gasteiger partial charge in [0.2, 0.25) is 0 Å². The van der Waals surface area contributed by atoms with Crippen molar-refractivity contribution in [2.45, 2.75) is 196 Å². The van der Waals surface area contributed by atoms with Crippen LogP contribution in [0, 0.1) is 23.7 Å². The quantitative estimate of drug-likeness (QED) is 0.0723. The van der Waals surface area contributed by atoms with E-state index in [9.17, 15) is 0 Å². The van der Waals surface area contributed by atoms with E-state index < -0.39 is 0 Å². The molecule has 2 nitrogen and oxygen atoms in total. The van der Waals surface area contributed by atoms with Crippen molar-refractivity contribution >= 4 is 9.03 Å². The monoisotopic (exact) mass is 543 g/mol. The van der Waals surface area contributed by atoms with E-state index in [2.05, 4.69) is 55.4 Å². The summed E-state index contributed by atoms with van der Waals surface area (Å²) in [4.78, 5) is 0. The van der Waals surface area contributed by atoms with Gasteiger partial charge < -0.3 is 9.05 Å². The smallest absolute Gasteiger partial charge is 0.155 e. The van der Waals surface area contributed by atoms with Crippen molar-refractivity contribution in [1.29, 1.82) is 0 Å². The summed E-state index contributed by atoms with van der Waals surface area (Å²) in [5.41, 5.74) is 0. The Kier molecular flexibility index (Phi) is 26.8. The molecular formula is C34H71O2P. The highest BCUT2D eigenvalue weighted by atomic mass is 31.1.